The first-order chi connectivity index (χ1) is 11.2. The Hall–Kier alpha value is -1.72. The van der Waals surface area contributed by atoms with Crippen molar-refractivity contribution in [1.29, 1.82) is 0 Å². The van der Waals surface area contributed by atoms with E-state index in [1.807, 2.05) is 0 Å². The molecule has 1 aromatic carbocycles. The average molecular weight is 386 g/mol. The van der Waals surface area contributed by atoms with Gasteiger partial charge in [0.15, 0.2) is 16.6 Å². The van der Waals surface area contributed by atoms with Gasteiger partial charge in [0.25, 0.3) is 10.1 Å². The molecule has 126 valence electrons. The number of para-hydroxylation sites is 1. The number of benzene rings is 1. The van der Waals surface area contributed by atoms with Crippen molar-refractivity contribution < 1.29 is 26.2 Å². The number of rotatable bonds is 2. The highest BCUT2D eigenvalue weighted by Crippen LogP contribution is 2.47. The number of likely N-dealkylation sites (N-methyl/N-ethyl adjacent to an activating group) is 1. The van der Waals surface area contributed by atoms with Crippen molar-refractivity contribution in [3.05, 3.63) is 47.4 Å². The van der Waals surface area contributed by atoms with Gasteiger partial charge in [-0.15, -0.1) is 0 Å². The smallest absolute Gasteiger partial charge is 0.282 e. The number of thioether (sulfide) groups is 1. The zero-order valence-corrected chi connectivity index (χ0v) is 14.7. The van der Waals surface area contributed by atoms with Crippen LogP contribution in [0.5, 0.6) is 0 Å². The number of hydrogen-bond acceptors (Lipinski definition) is 6. The van der Waals surface area contributed by atoms with Gasteiger partial charge in [-0.3, -0.25) is 4.55 Å². The first-order valence-electron chi connectivity index (χ1n) is 6.68. The summed E-state index contributed by atoms with van der Waals surface area (Å²) >= 11 is 0.968. The monoisotopic (exact) mass is 386 g/mol. The van der Waals surface area contributed by atoms with Gasteiger partial charge < -0.3 is 0 Å². The molecule has 1 aromatic rings. The predicted molar refractivity (Wildman–Crippen MR) is 91.9 cm³/mol. The molecule has 2 aliphatic rings. The van der Waals surface area contributed by atoms with E-state index in [1.54, 1.807) is 24.3 Å². The maximum atomic E-state index is 12.6. The van der Waals surface area contributed by atoms with Crippen molar-refractivity contribution in [2.24, 2.45) is 0 Å². The molecule has 2 atom stereocenters. The van der Waals surface area contributed by atoms with Crippen molar-refractivity contribution in [2.75, 3.05) is 7.05 Å². The van der Waals surface area contributed by atoms with E-state index in [0.717, 1.165) is 17.8 Å². The maximum absolute atomic E-state index is 12.6. The van der Waals surface area contributed by atoms with Crippen molar-refractivity contribution >= 4 is 48.0 Å². The van der Waals surface area contributed by atoms with Gasteiger partial charge in [0, 0.05) is 17.8 Å². The van der Waals surface area contributed by atoms with Crippen molar-refractivity contribution in [2.45, 2.75) is 10.9 Å². The molecule has 24 heavy (non-hydrogen) atoms. The molecule has 3 rings (SSSR count). The summed E-state index contributed by atoms with van der Waals surface area (Å²) in [7, 11) is -6.17. The predicted octanol–water partition coefficient (Wildman–Crippen LogP) is 1.61. The molecule has 0 radical (unpaired) electrons. The molecule has 1 aliphatic heterocycles. The van der Waals surface area contributed by atoms with Gasteiger partial charge in [0.2, 0.25) is 10.3 Å². The second-order valence-corrected chi connectivity index (χ2v) is 8.64. The Morgan fingerprint density at radius 1 is 1.25 bits per heavy atom. The number of allylic oxidation sites excluding steroid dienone is 2. The molecule has 0 bridgehead atoms. The van der Waals surface area contributed by atoms with Crippen LogP contribution in [0.25, 0.3) is 0 Å². The lowest BCUT2D eigenvalue weighted by molar-refractivity contribution is 0.234. The molecule has 1 aliphatic carbocycles. The van der Waals surface area contributed by atoms with Gasteiger partial charge in [-0.05, 0) is 18.2 Å². The molecule has 7 nitrogen and oxygen atoms in total. The third-order valence-electron chi connectivity index (χ3n) is 4.01. The summed E-state index contributed by atoms with van der Waals surface area (Å²) in [5.74, 6) is 0. The quantitative estimate of drug-likeness (QED) is 0.468. The molecule has 0 saturated carbocycles. The number of quaternary nitrogens is 1. The van der Waals surface area contributed by atoms with Crippen LogP contribution in [-0.4, -0.2) is 44.6 Å². The van der Waals surface area contributed by atoms with Crippen LogP contribution in [0.2, 0.25) is 0 Å². The minimum atomic E-state index is -4.75. The Morgan fingerprint density at radius 3 is 2.54 bits per heavy atom. The zero-order chi connectivity index (χ0) is 17.7. The van der Waals surface area contributed by atoms with E-state index in [1.165, 1.54) is 19.2 Å². The van der Waals surface area contributed by atoms with Crippen LogP contribution in [-0.2, 0) is 20.4 Å². The van der Waals surface area contributed by atoms with Gasteiger partial charge in [0.1, 0.15) is 4.91 Å². The Labute approximate surface area is 144 Å². The third-order valence-corrected chi connectivity index (χ3v) is 6.99. The van der Waals surface area contributed by atoms with Gasteiger partial charge in [-0.1, -0.05) is 18.2 Å². The lowest BCUT2D eigenvalue weighted by Gasteiger charge is -2.34. The van der Waals surface area contributed by atoms with E-state index >= 15 is 0 Å². The van der Waals surface area contributed by atoms with E-state index < -0.39 is 40.7 Å². The summed E-state index contributed by atoms with van der Waals surface area (Å²) in [5, 5.41) is -0.342. The SMILES string of the molecule is C[N+]1(C2C=CC=C(S(=O)(=O)O)C2=S(=O)=O)C(=O)Sc2ccccc21. The maximum Gasteiger partial charge on any atom is 0.385 e. The van der Waals surface area contributed by atoms with Crippen molar-refractivity contribution in [3.8, 4) is 0 Å². The normalized spacial score (nSPS) is 26.2. The van der Waals surface area contributed by atoms with E-state index in [9.17, 15) is 26.2 Å². The number of amides is 1. The summed E-state index contributed by atoms with van der Waals surface area (Å²) in [6.07, 6.45) is 3.77. The lowest BCUT2D eigenvalue weighted by Crippen LogP contribution is -2.58. The van der Waals surface area contributed by atoms with Crippen LogP contribution in [0.3, 0.4) is 0 Å². The number of fused-ring (bicyclic) bond motifs is 1. The van der Waals surface area contributed by atoms with Crippen molar-refractivity contribution in [3.63, 3.8) is 0 Å². The molecule has 10 heteroatoms. The highest BCUT2D eigenvalue weighted by atomic mass is 32.2. The average Bonchev–Trinajstić information content (AvgIpc) is 2.78. The fourth-order valence-corrected chi connectivity index (χ4v) is 5.80. The molecule has 1 amide bonds. The van der Waals surface area contributed by atoms with Gasteiger partial charge in [-0.2, -0.15) is 16.8 Å². The Bertz CT molecular complexity index is 1040. The van der Waals surface area contributed by atoms with Crippen LogP contribution in [0.1, 0.15) is 0 Å². The summed E-state index contributed by atoms with van der Waals surface area (Å²) < 4.78 is 55.5. The molecule has 1 N–H and O–H groups in total. The highest BCUT2D eigenvalue weighted by molar-refractivity contribution is 8.14. The van der Waals surface area contributed by atoms with Crippen molar-refractivity contribution in [1.82, 2.24) is 4.48 Å². The highest BCUT2D eigenvalue weighted by Gasteiger charge is 2.53. The van der Waals surface area contributed by atoms with Crippen LogP contribution >= 0.6 is 11.8 Å². The Morgan fingerprint density at radius 2 is 1.92 bits per heavy atom. The van der Waals surface area contributed by atoms with E-state index in [4.69, 9.17) is 0 Å². The first-order valence-corrected chi connectivity index (χ1v) is 10.0. The van der Waals surface area contributed by atoms with Crippen LogP contribution in [0, 0.1) is 0 Å². The number of nitrogens with zero attached hydrogens (tertiary/aromatic N) is 1. The molecule has 0 fully saturated rings. The second-order valence-electron chi connectivity index (χ2n) is 5.35. The minimum absolute atomic E-state index is 0.342. The minimum Gasteiger partial charge on any atom is -0.282 e. The number of hydrogen-bond donors (Lipinski definition) is 1. The topological polar surface area (TPSA) is 106 Å². The number of carbonyl (C=O) groups excluding carboxylic acids is 1. The zero-order valence-electron chi connectivity index (χ0n) is 12.3. The second kappa shape index (κ2) is 5.67. The molecular formula is C14H12NO6S3+. The number of carbonyl (C=O) groups is 1. The van der Waals surface area contributed by atoms with E-state index in [0.29, 0.717) is 10.6 Å². The van der Waals surface area contributed by atoms with Crippen LogP contribution in [0.15, 0.2) is 52.3 Å². The molecule has 0 spiro atoms. The Kier molecular flexibility index (Phi) is 4.04. The molecule has 2 unspecified atom stereocenters. The van der Waals surface area contributed by atoms with Gasteiger partial charge >= 0.3 is 5.24 Å². The third kappa shape index (κ3) is 2.47. The first kappa shape index (κ1) is 17.1. The van der Waals surface area contributed by atoms with Crippen LogP contribution < -0.4 is 4.48 Å². The molecule has 0 saturated heterocycles. The molecule has 0 aromatic heterocycles. The van der Waals surface area contributed by atoms with E-state index in [2.05, 4.69) is 0 Å². The summed E-state index contributed by atoms with van der Waals surface area (Å²) in [4.78, 5) is 12.1. The standard InChI is InChI=1S/C14H11NO6S3/c1-15(9-5-2-3-7-11(9)22-14(15)16)10-6-4-8-12(24(19,20)21)13(10)23(17)18/h2-8,10H,1H3/p+1. The fraction of sp³-hybridized carbons (Fsp3) is 0.143. The molecular weight excluding hydrogens is 374 g/mol. The van der Waals surface area contributed by atoms with E-state index in [-0.39, 0.29) is 5.24 Å². The lowest BCUT2D eigenvalue weighted by atomic mass is 10.0. The van der Waals surface area contributed by atoms with Gasteiger partial charge in [-0.25, -0.2) is 9.28 Å². The largest absolute Gasteiger partial charge is 0.385 e. The van der Waals surface area contributed by atoms with Crippen LogP contribution in [0.4, 0.5) is 10.5 Å². The summed E-state index contributed by atoms with van der Waals surface area (Å²) in [5.41, 5.74) is 0.571. The summed E-state index contributed by atoms with van der Waals surface area (Å²) in [6, 6.07) is 5.81. The fourth-order valence-electron chi connectivity index (χ4n) is 2.84. The summed E-state index contributed by atoms with van der Waals surface area (Å²) in [6.45, 7) is 0. The molecule has 1 heterocycles. The Balaban J connectivity index is 2.27. The van der Waals surface area contributed by atoms with Gasteiger partial charge in [0.05, 0.1) is 11.9 Å².